The second-order valence-corrected chi connectivity index (χ2v) is 4.51. The van der Waals surface area contributed by atoms with Crippen LogP contribution in [0.2, 0.25) is 0 Å². The lowest BCUT2D eigenvalue weighted by molar-refractivity contribution is -0.161. The normalized spacial score (nSPS) is 25.4. The number of benzene rings is 1. The highest BCUT2D eigenvalue weighted by Crippen LogP contribution is 2.36. The van der Waals surface area contributed by atoms with Gasteiger partial charge in [-0.05, 0) is 30.5 Å². The number of halogens is 1. The molecule has 0 radical (unpaired) electrons. The molecular formula is C11H11BrO3. The Labute approximate surface area is 96.2 Å². The zero-order chi connectivity index (χ0) is 10.9. The molecule has 1 saturated heterocycles. The van der Waals surface area contributed by atoms with Crippen LogP contribution in [0.3, 0.4) is 0 Å². The molecule has 1 fully saturated rings. The number of carboxylic acids is 1. The molecule has 1 atom stereocenters. The molecule has 1 aromatic rings. The topological polar surface area (TPSA) is 46.5 Å². The van der Waals surface area contributed by atoms with Crippen LogP contribution in [0.5, 0.6) is 0 Å². The van der Waals surface area contributed by atoms with Crippen molar-refractivity contribution in [1.82, 2.24) is 0 Å². The third-order valence-electron chi connectivity index (χ3n) is 2.68. The van der Waals surface area contributed by atoms with Crippen LogP contribution in [0.15, 0.2) is 28.7 Å². The van der Waals surface area contributed by atoms with E-state index in [2.05, 4.69) is 15.9 Å². The fraction of sp³-hybridized carbons (Fsp3) is 0.364. The van der Waals surface area contributed by atoms with Gasteiger partial charge in [0.2, 0.25) is 0 Å². The highest BCUT2D eigenvalue weighted by atomic mass is 79.9. The average Bonchev–Trinajstić information content (AvgIpc) is 2.69. The fourth-order valence-corrected chi connectivity index (χ4v) is 2.14. The molecule has 1 aliphatic heterocycles. The van der Waals surface area contributed by atoms with Crippen LogP contribution in [0.1, 0.15) is 18.4 Å². The minimum atomic E-state index is -1.12. The van der Waals surface area contributed by atoms with Gasteiger partial charge in [-0.15, -0.1) is 0 Å². The molecule has 0 bridgehead atoms. The quantitative estimate of drug-likeness (QED) is 0.899. The van der Waals surface area contributed by atoms with Crippen molar-refractivity contribution in [3.63, 3.8) is 0 Å². The van der Waals surface area contributed by atoms with E-state index in [0.29, 0.717) is 13.0 Å². The minimum Gasteiger partial charge on any atom is -0.479 e. The molecule has 1 aliphatic rings. The Hall–Kier alpha value is -0.870. The first kappa shape index (κ1) is 10.6. The van der Waals surface area contributed by atoms with Gasteiger partial charge in [0.25, 0.3) is 0 Å². The summed E-state index contributed by atoms with van der Waals surface area (Å²) in [5, 5.41) is 9.25. The van der Waals surface area contributed by atoms with Crippen LogP contribution in [-0.4, -0.2) is 17.7 Å². The summed E-state index contributed by atoms with van der Waals surface area (Å²) in [4.78, 5) is 11.3. The minimum absolute atomic E-state index is 0.516. The van der Waals surface area contributed by atoms with Crippen molar-refractivity contribution in [2.75, 3.05) is 6.61 Å². The van der Waals surface area contributed by atoms with Gasteiger partial charge in [-0.25, -0.2) is 4.79 Å². The maximum atomic E-state index is 11.3. The standard InChI is InChI=1S/C11H11BrO3/c12-9-4-2-8(3-5-9)11(10(13)14)6-1-7-15-11/h2-5H,1,6-7H2,(H,13,14). The SMILES string of the molecule is O=C(O)C1(c2ccc(Br)cc2)CCCO1. The van der Waals surface area contributed by atoms with E-state index in [-0.39, 0.29) is 0 Å². The molecule has 4 heteroatoms. The Kier molecular flexibility index (Phi) is 2.80. The Bertz CT molecular complexity index is 366. The first-order valence-corrected chi connectivity index (χ1v) is 5.58. The average molecular weight is 271 g/mol. The Morgan fingerprint density at radius 3 is 2.53 bits per heavy atom. The van der Waals surface area contributed by atoms with Crippen LogP contribution < -0.4 is 0 Å². The van der Waals surface area contributed by atoms with Crippen LogP contribution in [0, 0.1) is 0 Å². The molecule has 0 aromatic heterocycles. The molecule has 0 amide bonds. The van der Waals surface area contributed by atoms with Gasteiger partial charge in [0.1, 0.15) is 0 Å². The summed E-state index contributed by atoms with van der Waals surface area (Å²) in [6.45, 7) is 0.516. The number of hydrogen-bond acceptors (Lipinski definition) is 2. The zero-order valence-corrected chi connectivity index (χ0v) is 9.66. The summed E-state index contributed by atoms with van der Waals surface area (Å²) >= 11 is 3.32. The van der Waals surface area contributed by atoms with E-state index in [0.717, 1.165) is 16.5 Å². The lowest BCUT2D eigenvalue weighted by Gasteiger charge is -2.23. The summed E-state index contributed by atoms with van der Waals surface area (Å²) in [6.07, 6.45) is 1.34. The predicted octanol–water partition coefficient (Wildman–Crippen LogP) is 2.54. The van der Waals surface area contributed by atoms with Crippen molar-refractivity contribution in [2.45, 2.75) is 18.4 Å². The summed E-state index contributed by atoms with van der Waals surface area (Å²) in [6, 6.07) is 7.26. The van der Waals surface area contributed by atoms with Gasteiger partial charge >= 0.3 is 5.97 Å². The van der Waals surface area contributed by atoms with E-state index in [1.54, 1.807) is 12.1 Å². The molecule has 1 N–H and O–H groups in total. The van der Waals surface area contributed by atoms with E-state index in [9.17, 15) is 9.90 Å². The van der Waals surface area contributed by atoms with Crippen molar-refractivity contribution in [3.8, 4) is 0 Å². The molecule has 2 rings (SSSR count). The lowest BCUT2D eigenvalue weighted by Crippen LogP contribution is -2.34. The van der Waals surface area contributed by atoms with E-state index < -0.39 is 11.6 Å². The second-order valence-electron chi connectivity index (χ2n) is 3.59. The van der Waals surface area contributed by atoms with Crippen molar-refractivity contribution >= 4 is 21.9 Å². The van der Waals surface area contributed by atoms with E-state index >= 15 is 0 Å². The Morgan fingerprint density at radius 2 is 2.07 bits per heavy atom. The number of carboxylic acid groups (broad SMARTS) is 1. The number of ether oxygens (including phenoxy) is 1. The number of rotatable bonds is 2. The van der Waals surface area contributed by atoms with Crippen molar-refractivity contribution in [2.24, 2.45) is 0 Å². The lowest BCUT2D eigenvalue weighted by atomic mass is 9.91. The maximum absolute atomic E-state index is 11.3. The third kappa shape index (κ3) is 1.79. The van der Waals surface area contributed by atoms with Gasteiger partial charge in [-0.3, -0.25) is 0 Å². The van der Waals surface area contributed by atoms with Crippen molar-refractivity contribution in [1.29, 1.82) is 0 Å². The van der Waals surface area contributed by atoms with Crippen LogP contribution in [-0.2, 0) is 15.1 Å². The van der Waals surface area contributed by atoms with E-state index in [1.807, 2.05) is 12.1 Å². The Morgan fingerprint density at radius 1 is 1.40 bits per heavy atom. The number of aliphatic carboxylic acids is 1. The summed E-state index contributed by atoms with van der Waals surface area (Å²) < 4.78 is 6.35. The summed E-state index contributed by atoms with van der Waals surface area (Å²) in [5.74, 6) is -0.901. The molecule has 1 unspecified atom stereocenters. The van der Waals surface area contributed by atoms with Gasteiger partial charge in [0, 0.05) is 11.1 Å². The first-order valence-electron chi connectivity index (χ1n) is 4.78. The highest BCUT2D eigenvalue weighted by molar-refractivity contribution is 9.10. The predicted molar refractivity (Wildman–Crippen MR) is 58.6 cm³/mol. The van der Waals surface area contributed by atoms with Gasteiger partial charge in [0.15, 0.2) is 5.60 Å². The number of hydrogen-bond donors (Lipinski definition) is 1. The van der Waals surface area contributed by atoms with Gasteiger partial charge in [-0.1, -0.05) is 28.1 Å². The largest absolute Gasteiger partial charge is 0.479 e. The molecule has 0 spiro atoms. The molecule has 1 heterocycles. The number of carbonyl (C=O) groups is 1. The van der Waals surface area contributed by atoms with Crippen molar-refractivity contribution in [3.05, 3.63) is 34.3 Å². The van der Waals surface area contributed by atoms with Crippen LogP contribution in [0.4, 0.5) is 0 Å². The monoisotopic (exact) mass is 270 g/mol. The van der Waals surface area contributed by atoms with Gasteiger partial charge in [-0.2, -0.15) is 0 Å². The highest BCUT2D eigenvalue weighted by Gasteiger charge is 2.44. The molecule has 3 nitrogen and oxygen atoms in total. The molecule has 80 valence electrons. The van der Waals surface area contributed by atoms with E-state index in [4.69, 9.17) is 4.74 Å². The molecule has 0 aliphatic carbocycles. The van der Waals surface area contributed by atoms with E-state index in [1.165, 1.54) is 0 Å². The molecule has 15 heavy (non-hydrogen) atoms. The fourth-order valence-electron chi connectivity index (χ4n) is 1.88. The first-order chi connectivity index (χ1) is 7.15. The summed E-state index contributed by atoms with van der Waals surface area (Å²) in [5.41, 5.74) is -0.406. The third-order valence-corrected chi connectivity index (χ3v) is 3.21. The van der Waals surface area contributed by atoms with Crippen LogP contribution in [0.25, 0.3) is 0 Å². The smallest absolute Gasteiger partial charge is 0.340 e. The molecular weight excluding hydrogens is 260 g/mol. The zero-order valence-electron chi connectivity index (χ0n) is 8.07. The second kappa shape index (κ2) is 3.94. The van der Waals surface area contributed by atoms with Gasteiger partial charge < -0.3 is 9.84 Å². The molecule has 1 aromatic carbocycles. The van der Waals surface area contributed by atoms with Crippen molar-refractivity contribution < 1.29 is 14.6 Å². The Balaban J connectivity index is 2.41. The maximum Gasteiger partial charge on any atom is 0.340 e. The summed E-state index contributed by atoms with van der Waals surface area (Å²) in [7, 11) is 0. The molecule has 0 saturated carbocycles. The van der Waals surface area contributed by atoms with Crippen LogP contribution >= 0.6 is 15.9 Å². The van der Waals surface area contributed by atoms with Gasteiger partial charge in [0.05, 0.1) is 0 Å².